The molecule has 0 saturated carbocycles. The number of amides is 2. The topological polar surface area (TPSA) is 115 Å². The molecule has 8 nitrogen and oxygen atoms in total. The lowest BCUT2D eigenvalue weighted by Gasteiger charge is -2.01. The molecule has 3 rings (SSSR count). The molecule has 9 heteroatoms. The fourth-order valence-electron chi connectivity index (χ4n) is 1.91. The van der Waals surface area contributed by atoms with Crippen LogP contribution in [0.15, 0.2) is 23.7 Å². The minimum Gasteiger partial charge on any atom is -0.369 e. The Labute approximate surface area is 129 Å². The van der Waals surface area contributed by atoms with Gasteiger partial charge in [0.1, 0.15) is 5.69 Å². The fourth-order valence-corrected chi connectivity index (χ4v) is 2.61. The van der Waals surface area contributed by atoms with Crippen LogP contribution >= 0.6 is 11.3 Å². The van der Waals surface area contributed by atoms with Crippen molar-refractivity contribution in [1.29, 1.82) is 0 Å². The number of nitrogens with one attached hydrogen (secondary N) is 1. The highest BCUT2D eigenvalue weighted by atomic mass is 32.1. The fraction of sp³-hybridized carbons (Fsp3) is 0.154. The molecule has 0 aliphatic carbocycles. The number of anilines is 1. The van der Waals surface area contributed by atoms with E-state index in [-0.39, 0.29) is 18.0 Å². The van der Waals surface area contributed by atoms with Crippen molar-refractivity contribution in [3.63, 3.8) is 0 Å². The smallest absolute Gasteiger partial charge is 0.277 e. The van der Waals surface area contributed by atoms with Crippen LogP contribution in [0.1, 0.15) is 21.9 Å². The van der Waals surface area contributed by atoms with Crippen molar-refractivity contribution in [2.24, 2.45) is 5.73 Å². The summed E-state index contributed by atoms with van der Waals surface area (Å²) in [7, 11) is 0. The third-order valence-corrected chi connectivity index (χ3v) is 3.61. The SMILES string of the molecule is Cc1cn2nc(C(=O)Nc3nc(CC(N)=O)cs3)ccc2n1. The van der Waals surface area contributed by atoms with Gasteiger partial charge in [-0.3, -0.25) is 14.9 Å². The number of hydrogen-bond donors (Lipinski definition) is 2. The second kappa shape index (κ2) is 5.53. The number of rotatable bonds is 4. The number of carbonyl (C=O) groups is 2. The Morgan fingerprint density at radius 1 is 1.36 bits per heavy atom. The van der Waals surface area contributed by atoms with Gasteiger partial charge in [-0.15, -0.1) is 11.3 Å². The molecule has 0 unspecified atom stereocenters. The number of hydrogen-bond acceptors (Lipinski definition) is 6. The van der Waals surface area contributed by atoms with Gasteiger partial charge in [-0.25, -0.2) is 14.5 Å². The molecule has 0 radical (unpaired) electrons. The van der Waals surface area contributed by atoms with E-state index in [0.29, 0.717) is 16.5 Å². The average Bonchev–Trinajstić information content (AvgIpc) is 3.02. The first kappa shape index (κ1) is 14.1. The Kier molecular flexibility index (Phi) is 3.55. The zero-order valence-corrected chi connectivity index (χ0v) is 12.4. The summed E-state index contributed by atoms with van der Waals surface area (Å²) >= 11 is 1.22. The molecule has 0 fully saturated rings. The normalized spacial score (nSPS) is 10.8. The highest BCUT2D eigenvalue weighted by molar-refractivity contribution is 7.14. The van der Waals surface area contributed by atoms with Gasteiger partial charge in [-0.1, -0.05) is 0 Å². The summed E-state index contributed by atoms with van der Waals surface area (Å²) in [5.74, 6) is -0.848. The van der Waals surface area contributed by atoms with E-state index < -0.39 is 5.91 Å². The van der Waals surface area contributed by atoms with Gasteiger partial charge in [0.2, 0.25) is 5.91 Å². The lowest BCUT2D eigenvalue weighted by Crippen LogP contribution is -2.16. The molecule has 0 aromatic carbocycles. The summed E-state index contributed by atoms with van der Waals surface area (Å²) in [5.41, 5.74) is 7.37. The maximum Gasteiger partial charge on any atom is 0.277 e. The molecule has 0 bridgehead atoms. The second-order valence-corrected chi connectivity index (χ2v) is 5.50. The van der Waals surface area contributed by atoms with Crippen molar-refractivity contribution in [3.8, 4) is 0 Å². The van der Waals surface area contributed by atoms with Crippen LogP contribution < -0.4 is 11.1 Å². The van der Waals surface area contributed by atoms with E-state index in [9.17, 15) is 9.59 Å². The van der Waals surface area contributed by atoms with Crippen molar-refractivity contribution in [2.45, 2.75) is 13.3 Å². The predicted molar refractivity (Wildman–Crippen MR) is 80.7 cm³/mol. The van der Waals surface area contributed by atoms with E-state index in [0.717, 1.165) is 5.69 Å². The van der Waals surface area contributed by atoms with Gasteiger partial charge < -0.3 is 5.73 Å². The van der Waals surface area contributed by atoms with Crippen LogP contribution in [0.2, 0.25) is 0 Å². The number of primary amides is 1. The molecule has 0 saturated heterocycles. The molecular formula is C13H12N6O2S. The number of carbonyl (C=O) groups excluding carboxylic acids is 2. The summed E-state index contributed by atoms with van der Waals surface area (Å²) in [6.45, 7) is 1.85. The molecule has 3 aromatic heterocycles. The summed E-state index contributed by atoms with van der Waals surface area (Å²) in [6.07, 6.45) is 1.78. The molecule has 3 aromatic rings. The number of aryl methyl sites for hydroxylation is 1. The predicted octanol–water partition coefficient (Wildman–Crippen LogP) is 0.774. The van der Waals surface area contributed by atoms with E-state index in [4.69, 9.17) is 5.73 Å². The summed E-state index contributed by atoms with van der Waals surface area (Å²) < 4.78 is 1.55. The molecule has 0 spiro atoms. The minimum atomic E-state index is -0.467. The quantitative estimate of drug-likeness (QED) is 0.738. The van der Waals surface area contributed by atoms with Crippen LogP contribution in [-0.4, -0.2) is 31.4 Å². The lowest BCUT2D eigenvalue weighted by molar-refractivity contribution is -0.117. The van der Waals surface area contributed by atoms with Crippen LogP contribution in [0.4, 0.5) is 5.13 Å². The van der Waals surface area contributed by atoms with Crippen LogP contribution in [0.25, 0.3) is 5.65 Å². The number of thiazole rings is 1. The number of imidazole rings is 1. The Hall–Kier alpha value is -2.81. The van der Waals surface area contributed by atoms with E-state index in [2.05, 4.69) is 20.4 Å². The third-order valence-electron chi connectivity index (χ3n) is 2.80. The monoisotopic (exact) mass is 316 g/mol. The zero-order valence-electron chi connectivity index (χ0n) is 11.6. The highest BCUT2D eigenvalue weighted by Gasteiger charge is 2.12. The number of nitrogens with two attached hydrogens (primary N) is 1. The average molecular weight is 316 g/mol. The second-order valence-electron chi connectivity index (χ2n) is 4.64. The molecule has 3 N–H and O–H groups in total. The van der Waals surface area contributed by atoms with E-state index in [1.54, 1.807) is 28.2 Å². The standard InChI is InChI=1S/C13H12N6O2S/c1-7-5-19-11(15-7)3-2-9(18-19)12(21)17-13-16-8(6-22-13)4-10(14)20/h2-3,5-6H,4H2,1H3,(H2,14,20)(H,16,17,21). The van der Waals surface area contributed by atoms with Gasteiger partial charge >= 0.3 is 0 Å². The molecule has 0 aliphatic rings. The van der Waals surface area contributed by atoms with Gasteiger partial charge in [0.15, 0.2) is 10.8 Å². The van der Waals surface area contributed by atoms with Gasteiger partial charge in [0.05, 0.1) is 24.0 Å². The van der Waals surface area contributed by atoms with Crippen LogP contribution in [-0.2, 0) is 11.2 Å². The Balaban J connectivity index is 1.77. The van der Waals surface area contributed by atoms with Crippen molar-refractivity contribution in [3.05, 3.63) is 40.8 Å². The summed E-state index contributed by atoms with van der Waals surface area (Å²) in [4.78, 5) is 31.4. The highest BCUT2D eigenvalue weighted by Crippen LogP contribution is 2.16. The van der Waals surface area contributed by atoms with E-state index in [1.165, 1.54) is 11.3 Å². The first-order valence-corrected chi connectivity index (χ1v) is 7.26. The van der Waals surface area contributed by atoms with Crippen molar-refractivity contribution < 1.29 is 9.59 Å². The molecule has 2 amide bonds. The molecular weight excluding hydrogens is 304 g/mol. The first-order chi connectivity index (χ1) is 10.5. The maximum absolute atomic E-state index is 12.2. The van der Waals surface area contributed by atoms with Crippen molar-refractivity contribution in [2.75, 3.05) is 5.32 Å². The molecule has 3 heterocycles. The summed E-state index contributed by atoms with van der Waals surface area (Å²) in [5, 5.41) is 8.91. The molecule has 112 valence electrons. The van der Waals surface area contributed by atoms with Crippen molar-refractivity contribution in [1.82, 2.24) is 19.6 Å². The van der Waals surface area contributed by atoms with Crippen molar-refractivity contribution >= 4 is 33.9 Å². The zero-order chi connectivity index (χ0) is 15.7. The first-order valence-electron chi connectivity index (χ1n) is 6.38. The van der Waals surface area contributed by atoms with Crippen LogP contribution in [0.5, 0.6) is 0 Å². The van der Waals surface area contributed by atoms with E-state index >= 15 is 0 Å². The molecule has 0 aliphatic heterocycles. The minimum absolute atomic E-state index is 0.0465. The van der Waals surface area contributed by atoms with E-state index in [1.807, 2.05) is 6.92 Å². The van der Waals surface area contributed by atoms with Gasteiger partial charge in [-0.2, -0.15) is 5.10 Å². The van der Waals surface area contributed by atoms with Gasteiger partial charge in [0, 0.05) is 5.38 Å². The molecule has 22 heavy (non-hydrogen) atoms. The lowest BCUT2D eigenvalue weighted by atomic mass is 10.3. The number of nitrogens with zero attached hydrogens (tertiary/aromatic N) is 4. The van der Waals surface area contributed by atoms with Crippen LogP contribution in [0.3, 0.4) is 0 Å². The Morgan fingerprint density at radius 3 is 2.95 bits per heavy atom. The third kappa shape index (κ3) is 2.93. The largest absolute Gasteiger partial charge is 0.369 e. The molecule has 0 atom stereocenters. The van der Waals surface area contributed by atoms with Crippen LogP contribution in [0, 0.1) is 6.92 Å². The Bertz CT molecular complexity index is 868. The summed E-state index contributed by atoms with van der Waals surface area (Å²) in [6, 6.07) is 3.31. The van der Waals surface area contributed by atoms with Gasteiger partial charge in [-0.05, 0) is 19.1 Å². The number of aromatic nitrogens is 4. The maximum atomic E-state index is 12.2. The number of fused-ring (bicyclic) bond motifs is 1. The Morgan fingerprint density at radius 2 is 2.18 bits per heavy atom. The van der Waals surface area contributed by atoms with Gasteiger partial charge in [0.25, 0.3) is 5.91 Å².